The minimum atomic E-state index is -0.241. The van der Waals surface area contributed by atoms with Gasteiger partial charge in [0.1, 0.15) is 5.78 Å². The maximum atomic E-state index is 11.7. The molecule has 0 aromatic carbocycles. The molecule has 0 radical (unpaired) electrons. The molecule has 1 saturated carbocycles. The van der Waals surface area contributed by atoms with Crippen LogP contribution in [-0.4, -0.2) is 19.5 Å². The topological polar surface area (TPSA) is 26.3 Å². The zero-order valence-electron chi connectivity index (χ0n) is 9.64. The second-order valence-electron chi connectivity index (χ2n) is 4.74. The number of hydrogen-bond acceptors (Lipinski definition) is 2. The molecule has 0 heterocycles. The van der Waals surface area contributed by atoms with E-state index in [0.29, 0.717) is 12.5 Å². The molecule has 0 spiro atoms. The second-order valence-corrected chi connectivity index (χ2v) is 4.74. The van der Waals surface area contributed by atoms with Crippen LogP contribution in [0.15, 0.2) is 0 Å². The molecule has 1 aliphatic carbocycles. The van der Waals surface area contributed by atoms with Gasteiger partial charge >= 0.3 is 0 Å². The molecule has 0 N–H and O–H groups in total. The molecule has 1 rings (SSSR count). The third kappa shape index (κ3) is 2.35. The van der Waals surface area contributed by atoms with Crippen LogP contribution in [0, 0.1) is 11.3 Å². The normalized spacial score (nSPS) is 23.1. The molecule has 1 aliphatic rings. The van der Waals surface area contributed by atoms with E-state index in [1.807, 2.05) is 0 Å². The number of carbonyl (C=O) groups excluding carboxylic acids is 1. The standard InChI is InChI=1S/C12H22O2/c1-10(13)12(2,9-14-3)11-7-5-4-6-8-11/h11H,4-9H2,1-3H3. The number of ether oxygens (including phenoxy) is 1. The predicted molar refractivity (Wildman–Crippen MR) is 57.2 cm³/mol. The summed E-state index contributed by atoms with van der Waals surface area (Å²) in [5.41, 5.74) is -0.241. The molecule has 0 bridgehead atoms. The van der Waals surface area contributed by atoms with Crippen LogP contribution in [0.1, 0.15) is 46.0 Å². The highest BCUT2D eigenvalue weighted by Gasteiger charge is 2.38. The summed E-state index contributed by atoms with van der Waals surface area (Å²) in [5, 5.41) is 0. The van der Waals surface area contributed by atoms with Crippen LogP contribution in [0.25, 0.3) is 0 Å². The lowest BCUT2D eigenvalue weighted by molar-refractivity contribution is -0.133. The van der Waals surface area contributed by atoms with Crippen molar-refractivity contribution in [3.63, 3.8) is 0 Å². The van der Waals surface area contributed by atoms with E-state index in [1.165, 1.54) is 32.1 Å². The van der Waals surface area contributed by atoms with Gasteiger partial charge in [0.2, 0.25) is 0 Å². The van der Waals surface area contributed by atoms with Gasteiger partial charge in [0.25, 0.3) is 0 Å². The Morgan fingerprint density at radius 2 is 1.93 bits per heavy atom. The highest BCUT2D eigenvalue weighted by Crippen LogP contribution is 2.39. The summed E-state index contributed by atoms with van der Waals surface area (Å²) in [6, 6.07) is 0. The van der Waals surface area contributed by atoms with Crippen LogP contribution in [0.5, 0.6) is 0 Å². The molecular formula is C12H22O2. The van der Waals surface area contributed by atoms with Crippen molar-refractivity contribution in [2.24, 2.45) is 11.3 Å². The van der Waals surface area contributed by atoms with E-state index < -0.39 is 0 Å². The van der Waals surface area contributed by atoms with Crippen LogP contribution < -0.4 is 0 Å². The van der Waals surface area contributed by atoms with Crippen molar-refractivity contribution in [3.8, 4) is 0 Å². The van der Waals surface area contributed by atoms with E-state index >= 15 is 0 Å². The van der Waals surface area contributed by atoms with Gasteiger partial charge in [-0.3, -0.25) is 4.79 Å². The largest absolute Gasteiger partial charge is 0.384 e. The lowest BCUT2D eigenvalue weighted by Crippen LogP contribution is -2.39. The van der Waals surface area contributed by atoms with Crippen molar-refractivity contribution < 1.29 is 9.53 Å². The third-order valence-electron chi connectivity index (χ3n) is 3.75. The van der Waals surface area contributed by atoms with Crippen molar-refractivity contribution >= 4 is 5.78 Å². The van der Waals surface area contributed by atoms with Crippen LogP contribution in [0.4, 0.5) is 0 Å². The third-order valence-corrected chi connectivity index (χ3v) is 3.75. The molecule has 0 aromatic heterocycles. The van der Waals surface area contributed by atoms with Crippen LogP contribution in [0.2, 0.25) is 0 Å². The highest BCUT2D eigenvalue weighted by atomic mass is 16.5. The zero-order chi connectivity index (χ0) is 10.6. The zero-order valence-corrected chi connectivity index (χ0v) is 9.64. The number of Topliss-reactive ketones (excluding diaryl/α,β-unsaturated/α-hetero) is 1. The van der Waals surface area contributed by atoms with Gasteiger partial charge < -0.3 is 4.74 Å². The van der Waals surface area contributed by atoms with Crippen LogP contribution >= 0.6 is 0 Å². The fourth-order valence-electron chi connectivity index (χ4n) is 2.55. The van der Waals surface area contributed by atoms with E-state index in [1.54, 1.807) is 14.0 Å². The average molecular weight is 198 g/mol. The lowest BCUT2D eigenvalue weighted by atomic mass is 9.68. The van der Waals surface area contributed by atoms with Crippen molar-refractivity contribution in [1.29, 1.82) is 0 Å². The average Bonchev–Trinajstić information content (AvgIpc) is 2.19. The second kappa shape index (κ2) is 4.92. The molecule has 0 amide bonds. The van der Waals surface area contributed by atoms with Gasteiger partial charge in [0.15, 0.2) is 0 Å². The lowest BCUT2D eigenvalue weighted by Gasteiger charge is -2.37. The molecule has 14 heavy (non-hydrogen) atoms. The molecule has 1 atom stereocenters. The molecular weight excluding hydrogens is 176 g/mol. The first-order valence-electron chi connectivity index (χ1n) is 5.61. The summed E-state index contributed by atoms with van der Waals surface area (Å²) < 4.78 is 5.20. The van der Waals surface area contributed by atoms with Gasteiger partial charge in [-0.15, -0.1) is 0 Å². The Hall–Kier alpha value is -0.370. The van der Waals surface area contributed by atoms with Crippen molar-refractivity contribution in [1.82, 2.24) is 0 Å². The quantitative estimate of drug-likeness (QED) is 0.694. The molecule has 2 nitrogen and oxygen atoms in total. The van der Waals surface area contributed by atoms with E-state index in [0.717, 1.165) is 0 Å². The summed E-state index contributed by atoms with van der Waals surface area (Å²) in [6.07, 6.45) is 6.27. The number of hydrogen-bond donors (Lipinski definition) is 0. The monoisotopic (exact) mass is 198 g/mol. The fourth-order valence-corrected chi connectivity index (χ4v) is 2.55. The molecule has 0 aliphatic heterocycles. The van der Waals surface area contributed by atoms with Crippen molar-refractivity contribution in [3.05, 3.63) is 0 Å². The summed E-state index contributed by atoms with van der Waals surface area (Å²) in [5.74, 6) is 0.819. The molecule has 0 aromatic rings. The first-order valence-corrected chi connectivity index (χ1v) is 5.61. The SMILES string of the molecule is COCC(C)(C(C)=O)C1CCCCC1. The predicted octanol–water partition coefficient (Wildman–Crippen LogP) is 2.81. The maximum absolute atomic E-state index is 11.7. The Kier molecular flexibility index (Phi) is 4.11. The summed E-state index contributed by atoms with van der Waals surface area (Å²) >= 11 is 0. The Bertz CT molecular complexity index is 194. The minimum absolute atomic E-state index is 0.241. The number of ketones is 1. The number of methoxy groups -OCH3 is 1. The Labute approximate surface area is 87.0 Å². The van der Waals surface area contributed by atoms with Gasteiger partial charge in [-0.05, 0) is 25.7 Å². The van der Waals surface area contributed by atoms with Crippen molar-refractivity contribution in [2.45, 2.75) is 46.0 Å². The molecule has 82 valence electrons. The van der Waals surface area contributed by atoms with E-state index in [9.17, 15) is 4.79 Å². The first kappa shape index (κ1) is 11.7. The molecule has 1 unspecified atom stereocenters. The Balaban J connectivity index is 2.69. The molecule has 0 saturated heterocycles. The highest BCUT2D eigenvalue weighted by molar-refractivity contribution is 5.82. The van der Waals surface area contributed by atoms with Gasteiger partial charge in [0.05, 0.1) is 12.0 Å². The fraction of sp³-hybridized carbons (Fsp3) is 0.917. The summed E-state index contributed by atoms with van der Waals surface area (Å²) in [6.45, 7) is 4.34. The van der Waals surface area contributed by atoms with E-state index in [4.69, 9.17) is 4.74 Å². The summed E-state index contributed by atoms with van der Waals surface area (Å²) in [7, 11) is 1.68. The minimum Gasteiger partial charge on any atom is -0.384 e. The van der Waals surface area contributed by atoms with Crippen LogP contribution in [-0.2, 0) is 9.53 Å². The van der Waals surface area contributed by atoms with Gasteiger partial charge in [-0.25, -0.2) is 0 Å². The Morgan fingerprint density at radius 3 is 2.36 bits per heavy atom. The smallest absolute Gasteiger partial charge is 0.138 e. The number of carbonyl (C=O) groups is 1. The van der Waals surface area contributed by atoms with Gasteiger partial charge in [-0.2, -0.15) is 0 Å². The molecule has 1 fully saturated rings. The first-order chi connectivity index (χ1) is 6.61. The Morgan fingerprint density at radius 1 is 1.36 bits per heavy atom. The maximum Gasteiger partial charge on any atom is 0.138 e. The molecule has 2 heteroatoms. The van der Waals surface area contributed by atoms with E-state index in [-0.39, 0.29) is 11.2 Å². The number of rotatable bonds is 4. The van der Waals surface area contributed by atoms with Gasteiger partial charge in [0, 0.05) is 7.11 Å². The van der Waals surface area contributed by atoms with Crippen LogP contribution in [0.3, 0.4) is 0 Å². The van der Waals surface area contributed by atoms with Gasteiger partial charge in [-0.1, -0.05) is 26.2 Å². The summed E-state index contributed by atoms with van der Waals surface area (Å²) in [4.78, 5) is 11.7. The van der Waals surface area contributed by atoms with E-state index in [2.05, 4.69) is 6.92 Å². The van der Waals surface area contributed by atoms with Crippen molar-refractivity contribution in [2.75, 3.05) is 13.7 Å².